The molecule has 2 aliphatic rings. The number of aliphatic hydroxyl groups is 1. The van der Waals surface area contributed by atoms with Crippen molar-refractivity contribution in [3.63, 3.8) is 0 Å². The number of anilines is 1. The van der Waals surface area contributed by atoms with Crippen LogP contribution >= 0.6 is 22.9 Å². The zero-order valence-electron chi connectivity index (χ0n) is 16.5. The Bertz CT molecular complexity index is 823. The third-order valence-corrected chi connectivity index (χ3v) is 7.49. The number of fused-ring (bicyclic) bond motifs is 3. The summed E-state index contributed by atoms with van der Waals surface area (Å²) < 4.78 is 0. The molecule has 0 aromatic carbocycles. The van der Waals surface area contributed by atoms with Gasteiger partial charge in [-0.25, -0.2) is 4.98 Å². The maximum atomic E-state index is 9.17. The molecule has 1 N–H and O–H groups in total. The van der Waals surface area contributed by atoms with Crippen LogP contribution in [-0.2, 0) is 12.8 Å². The van der Waals surface area contributed by atoms with Crippen molar-refractivity contribution in [1.29, 1.82) is 0 Å². The van der Waals surface area contributed by atoms with E-state index in [1.54, 1.807) is 0 Å². The van der Waals surface area contributed by atoms with Gasteiger partial charge in [0.1, 0.15) is 10.6 Å². The molecule has 148 valence electrons. The zero-order valence-corrected chi connectivity index (χ0v) is 18.0. The molecule has 0 amide bonds. The van der Waals surface area contributed by atoms with Crippen LogP contribution in [0, 0.1) is 11.3 Å². The Morgan fingerprint density at radius 1 is 1.19 bits per heavy atom. The van der Waals surface area contributed by atoms with E-state index in [0.29, 0.717) is 16.6 Å². The maximum absolute atomic E-state index is 9.17. The SMILES string of the molecule is CC(C)(C)C1CCc2c(sc3nc(Cl)nc(N4CCN(CCO)CC4)c23)C1. The summed E-state index contributed by atoms with van der Waals surface area (Å²) in [5, 5.41) is 10.8. The summed E-state index contributed by atoms with van der Waals surface area (Å²) in [6.45, 7) is 11.7. The number of hydrogen-bond acceptors (Lipinski definition) is 6. The van der Waals surface area contributed by atoms with Crippen LogP contribution < -0.4 is 4.90 Å². The van der Waals surface area contributed by atoms with E-state index < -0.39 is 0 Å². The summed E-state index contributed by atoms with van der Waals surface area (Å²) in [4.78, 5) is 16.4. The first kappa shape index (κ1) is 19.4. The first-order chi connectivity index (χ1) is 12.9. The van der Waals surface area contributed by atoms with E-state index in [-0.39, 0.29) is 6.61 Å². The molecule has 1 unspecified atom stereocenters. The maximum Gasteiger partial charge on any atom is 0.225 e. The fourth-order valence-corrected chi connectivity index (χ4v) is 5.93. The summed E-state index contributed by atoms with van der Waals surface area (Å²) in [6, 6.07) is 0. The normalized spacial score (nSPS) is 21.7. The van der Waals surface area contributed by atoms with Gasteiger partial charge in [0, 0.05) is 37.6 Å². The van der Waals surface area contributed by atoms with Crippen molar-refractivity contribution in [2.45, 2.75) is 40.0 Å². The van der Waals surface area contributed by atoms with Gasteiger partial charge in [-0.3, -0.25) is 4.90 Å². The topological polar surface area (TPSA) is 52.5 Å². The molecule has 7 heteroatoms. The van der Waals surface area contributed by atoms with Gasteiger partial charge in [-0.15, -0.1) is 11.3 Å². The molecule has 2 aromatic heterocycles. The Morgan fingerprint density at radius 2 is 1.93 bits per heavy atom. The molecule has 0 spiro atoms. The Hall–Kier alpha value is -0.950. The van der Waals surface area contributed by atoms with Crippen molar-refractivity contribution < 1.29 is 5.11 Å². The Labute approximate surface area is 170 Å². The highest BCUT2D eigenvalue weighted by Gasteiger charge is 2.33. The molecule has 1 atom stereocenters. The van der Waals surface area contributed by atoms with Gasteiger partial charge in [0.05, 0.1) is 12.0 Å². The van der Waals surface area contributed by atoms with Crippen LogP contribution in [0.1, 0.15) is 37.6 Å². The molecule has 0 saturated carbocycles. The van der Waals surface area contributed by atoms with Crippen LogP contribution in [0.4, 0.5) is 5.82 Å². The predicted octanol–water partition coefficient (Wildman–Crippen LogP) is 3.61. The van der Waals surface area contributed by atoms with Crippen LogP contribution in [0.15, 0.2) is 0 Å². The second-order valence-electron chi connectivity index (χ2n) is 8.86. The largest absolute Gasteiger partial charge is 0.395 e. The van der Waals surface area contributed by atoms with Crippen molar-refractivity contribution in [2.75, 3.05) is 44.2 Å². The van der Waals surface area contributed by atoms with E-state index in [2.05, 4.69) is 40.5 Å². The number of piperazine rings is 1. The molecule has 27 heavy (non-hydrogen) atoms. The molecule has 1 fully saturated rings. The summed E-state index contributed by atoms with van der Waals surface area (Å²) in [7, 11) is 0. The van der Waals surface area contributed by atoms with Gasteiger partial charge in [-0.2, -0.15) is 4.98 Å². The smallest absolute Gasteiger partial charge is 0.225 e. The molecule has 2 aromatic rings. The summed E-state index contributed by atoms with van der Waals surface area (Å²) in [5.41, 5.74) is 1.79. The first-order valence-corrected chi connectivity index (χ1v) is 11.1. The number of thiophene rings is 1. The van der Waals surface area contributed by atoms with Crippen molar-refractivity contribution >= 4 is 39.0 Å². The summed E-state index contributed by atoms with van der Waals surface area (Å²) >= 11 is 8.12. The van der Waals surface area contributed by atoms with Gasteiger partial charge in [0.15, 0.2) is 0 Å². The van der Waals surface area contributed by atoms with E-state index in [9.17, 15) is 5.11 Å². The minimum absolute atomic E-state index is 0.219. The minimum Gasteiger partial charge on any atom is -0.395 e. The van der Waals surface area contributed by atoms with Crippen LogP contribution in [0.2, 0.25) is 5.28 Å². The third kappa shape index (κ3) is 3.82. The van der Waals surface area contributed by atoms with Gasteiger partial charge < -0.3 is 10.0 Å². The fraction of sp³-hybridized carbons (Fsp3) is 0.700. The van der Waals surface area contributed by atoms with Crippen molar-refractivity contribution in [3.8, 4) is 0 Å². The Morgan fingerprint density at radius 3 is 2.59 bits per heavy atom. The quantitative estimate of drug-likeness (QED) is 0.786. The molecule has 4 rings (SSSR count). The van der Waals surface area contributed by atoms with E-state index in [1.807, 2.05) is 11.3 Å². The van der Waals surface area contributed by atoms with Crippen molar-refractivity contribution in [1.82, 2.24) is 14.9 Å². The number of rotatable bonds is 3. The van der Waals surface area contributed by atoms with Gasteiger partial charge >= 0.3 is 0 Å². The number of hydrogen-bond donors (Lipinski definition) is 1. The molecule has 0 radical (unpaired) electrons. The Balaban J connectivity index is 1.68. The number of aliphatic hydroxyl groups excluding tert-OH is 1. The lowest BCUT2D eigenvalue weighted by Gasteiger charge is -2.36. The van der Waals surface area contributed by atoms with Crippen molar-refractivity contribution in [2.24, 2.45) is 11.3 Å². The average Bonchev–Trinajstić information content (AvgIpc) is 2.98. The number of aryl methyl sites for hydroxylation is 1. The van der Waals surface area contributed by atoms with E-state index >= 15 is 0 Å². The Kier molecular flexibility index (Phi) is 5.36. The van der Waals surface area contributed by atoms with Gasteiger partial charge in [-0.1, -0.05) is 20.8 Å². The molecular formula is C20H29ClN4OS. The van der Waals surface area contributed by atoms with E-state index in [0.717, 1.165) is 56.2 Å². The molecule has 1 aliphatic carbocycles. The number of nitrogens with zero attached hydrogens (tertiary/aromatic N) is 4. The third-order valence-electron chi connectivity index (χ3n) is 6.18. The zero-order chi connectivity index (χ0) is 19.2. The highest BCUT2D eigenvalue weighted by molar-refractivity contribution is 7.19. The number of β-amino-alcohol motifs (C(OH)–C–C–N with tert-alkyl or cyclic N) is 1. The lowest BCUT2D eigenvalue weighted by molar-refractivity contribution is 0.188. The van der Waals surface area contributed by atoms with Crippen LogP contribution in [0.25, 0.3) is 10.2 Å². The predicted molar refractivity (Wildman–Crippen MR) is 113 cm³/mol. The molecule has 5 nitrogen and oxygen atoms in total. The van der Waals surface area contributed by atoms with Crippen LogP contribution in [-0.4, -0.2) is 59.3 Å². The van der Waals surface area contributed by atoms with Crippen LogP contribution in [0.5, 0.6) is 0 Å². The van der Waals surface area contributed by atoms with Crippen LogP contribution in [0.3, 0.4) is 0 Å². The summed E-state index contributed by atoms with van der Waals surface area (Å²) in [6.07, 6.45) is 3.48. The van der Waals surface area contributed by atoms with Gasteiger partial charge in [0.2, 0.25) is 5.28 Å². The van der Waals surface area contributed by atoms with E-state index in [1.165, 1.54) is 22.2 Å². The first-order valence-electron chi connectivity index (χ1n) is 9.92. The summed E-state index contributed by atoms with van der Waals surface area (Å²) in [5.74, 6) is 1.73. The molecule has 1 saturated heterocycles. The average molecular weight is 409 g/mol. The van der Waals surface area contributed by atoms with Gasteiger partial charge in [-0.05, 0) is 47.8 Å². The number of halogens is 1. The number of aromatic nitrogens is 2. The standard InChI is InChI=1S/C20H29ClN4OS/c1-20(2,3)13-4-5-14-15(12-13)27-18-16(14)17(22-19(21)23-18)25-8-6-24(7-9-25)10-11-26/h13,26H,4-12H2,1-3H3. The fourth-order valence-electron chi connectivity index (χ4n) is 4.43. The molecule has 0 bridgehead atoms. The van der Waals surface area contributed by atoms with Gasteiger partial charge in [0.25, 0.3) is 0 Å². The lowest BCUT2D eigenvalue weighted by Crippen LogP contribution is -2.47. The van der Waals surface area contributed by atoms with Crippen molar-refractivity contribution in [3.05, 3.63) is 15.7 Å². The minimum atomic E-state index is 0.219. The highest BCUT2D eigenvalue weighted by atomic mass is 35.5. The lowest BCUT2D eigenvalue weighted by atomic mass is 9.72. The second-order valence-corrected chi connectivity index (χ2v) is 10.3. The molecular weight excluding hydrogens is 380 g/mol. The monoisotopic (exact) mass is 408 g/mol. The highest BCUT2D eigenvalue weighted by Crippen LogP contribution is 2.45. The molecule has 1 aliphatic heterocycles. The second kappa shape index (κ2) is 7.47. The molecule has 3 heterocycles. The van der Waals surface area contributed by atoms with E-state index in [4.69, 9.17) is 11.6 Å².